The summed E-state index contributed by atoms with van der Waals surface area (Å²) in [6.07, 6.45) is 0. The average molecular weight is 412 g/mol. The fraction of sp³-hybridized carbons (Fsp3) is 0.381. The molecule has 0 bridgehead atoms. The molecule has 0 atom stereocenters. The molecule has 3 heterocycles. The van der Waals surface area contributed by atoms with Crippen LogP contribution in [0, 0.1) is 5.82 Å². The van der Waals surface area contributed by atoms with Crippen molar-refractivity contribution in [1.82, 2.24) is 24.0 Å². The number of allylic oxidation sites excluding steroid dienone is 1. The molecule has 0 saturated carbocycles. The van der Waals surface area contributed by atoms with E-state index in [1.54, 1.807) is 19.2 Å². The zero-order chi connectivity index (χ0) is 21.4. The van der Waals surface area contributed by atoms with Gasteiger partial charge in [-0.3, -0.25) is 19.2 Å². The number of piperazine rings is 1. The van der Waals surface area contributed by atoms with Gasteiger partial charge in [-0.25, -0.2) is 9.18 Å². The number of hydrogen-bond acceptors (Lipinski definition) is 5. The molecule has 0 aliphatic carbocycles. The van der Waals surface area contributed by atoms with Crippen LogP contribution in [-0.2, 0) is 20.1 Å². The summed E-state index contributed by atoms with van der Waals surface area (Å²) in [7, 11) is 1.60. The molecule has 1 aliphatic rings. The second kappa shape index (κ2) is 7.91. The minimum Gasteiger partial charge on any atom is -0.340 e. The van der Waals surface area contributed by atoms with E-state index in [2.05, 4.69) is 26.3 Å². The average Bonchev–Trinajstić information content (AvgIpc) is 3.08. The monoisotopic (exact) mass is 412 g/mol. The second-order valence-electron chi connectivity index (χ2n) is 7.84. The van der Waals surface area contributed by atoms with Crippen molar-refractivity contribution in [3.8, 4) is 0 Å². The molecule has 0 amide bonds. The van der Waals surface area contributed by atoms with Crippen molar-refractivity contribution >= 4 is 17.1 Å². The third-order valence-electron chi connectivity index (χ3n) is 5.39. The SMILES string of the molecule is C=C(C)Cn1c(N2CCN(Cc3ccc(F)cc3)CC2)nc2c1c(=O)[nH]c(=O)n2C. The van der Waals surface area contributed by atoms with Gasteiger partial charge in [0.05, 0.1) is 0 Å². The van der Waals surface area contributed by atoms with Crippen molar-refractivity contribution in [2.45, 2.75) is 20.0 Å². The van der Waals surface area contributed by atoms with E-state index in [4.69, 9.17) is 0 Å². The van der Waals surface area contributed by atoms with Crippen molar-refractivity contribution in [1.29, 1.82) is 0 Å². The summed E-state index contributed by atoms with van der Waals surface area (Å²) in [5, 5.41) is 0. The Morgan fingerprint density at radius 3 is 2.47 bits per heavy atom. The number of aromatic nitrogens is 4. The highest BCUT2D eigenvalue weighted by Crippen LogP contribution is 2.22. The minimum absolute atomic E-state index is 0.232. The van der Waals surface area contributed by atoms with Gasteiger partial charge in [0.1, 0.15) is 5.82 Å². The van der Waals surface area contributed by atoms with Gasteiger partial charge >= 0.3 is 5.69 Å². The molecule has 158 valence electrons. The summed E-state index contributed by atoms with van der Waals surface area (Å²) in [6, 6.07) is 6.57. The van der Waals surface area contributed by atoms with Crippen LogP contribution >= 0.6 is 0 Å². The summed E-state index contributed by atoms with van der Waals surface area (Å²) >= 11 is 0. The Balaban J connectivity index is 1.60. The fourth-order valence-electron chi connectivity index (χ4n) is 3.84. The highest BCUT2D eigenvalue weighted by molar-refractivity contribution is 5.74. The van der Waals surface area contributed by atoms with Gasteiger partial charge in [-0.05, 0) is 24.6 Å². The normalized spacial score (nSPS) is 15.1. The van der Waals surface area contributed by atoms with Crippen LogP contribution in [-0.4, -0.2) is 50.2 Å². The predicted molar refractivity (Wildman–Crippen MR) is 114 cm³/mol. The van der Waals surface area contributed by atoms with E-state index >= 15 is 0 Å². The third-order valence-corrected chi connectivity index (χ3v) is 5.39. The standard InChI is InChI=1S/C21H25FN6O2/c1-14(2)12-28-17-18(25(3)21(30)24-19(17)29)23-20(28)27-10-8-26(9-11-27)13-15-4-6-16(22)7-5-15/h4-7H,1,8-13H2,2-3H3,(H,24,29,30). The Kier molecular flexibility index (Phi) is 5.29. The van der Waals surface area contributed by atoms with Gasteiger partial charge in [-0.1, -0.05) is 24.3 Å². The van der Waals surface area contributed by atoms with Crippen molar-refractivity contribution in [3.05, 3.63) is 68.6 Å². The molecule has 9 heteroatoms. The van der Waals surface area contributed by atoms with Gasteiger partial charge < -0.3 is 9.47 Å². The van der Waals surface area contributed by atoms with Crippen LogP contribution in [0.5, 0.6) is 0 Å². The number of benzene rings is 1. The fourth-order valence-corrected chi connectivity index (χ4v) is 3.84. The molecule has 0 spiro atoms. The summed E-state index contributed by atoms with van der Waals surface area (Å²) < 4.78 is 16.3. The number of imidazole rings is 1. The van der Waals surface area contributed by atoms with E-state index in [-0.39, 0.29) is 5.82 Å². The molecule has 3 aromatic rings. The lowest BCUT2D eigenvalue weighted by molar-refractivity contribution is 0.248. The van der Waals surface area contributed by atoms with E-state index < -0.39 is 11.2 Å². The molecule has 1 N–H and O–H groups in total. The van der Waals surface area contributed by atoms with Crippen molar-refractivity contribution in [2.24, 2.45) is 7.05 Å². The number of nitrogens with zero attached hydrogens (tertiary/aromatic N) is 5. The molecule has 2 aromatic heterocycles. The van der Waals surface area contributed by atoms with Crippen molar-refractivity contribution < 1.29 is 4.39 Å². The number of anilines is 1. The van der Waals surface area contributed by atoms with E-state index in [1.165, 1.54) is 16.7 Å². The molecule has 0 unspecified atom stereocenters. The molecular weight excluding hydrogens is 387 g/mol. The first-order valence-electron chi connectivity index (χ1n) is 9.89. The maximum atomic E-state index is 13.1. The zero-order valence-corrected chi connectivity index (χ0v) is 17.2. The van der Waals surface area contributed by atoms with Crippen LogP contribution in [0.25, 0.3) is 11.2 Å². The smallest absolute Gasteiger partial charge is 0.329 e. The number of fused-ring (bicyclic) bond motifs is 1. The van der Waals surface area contributed by atoms with Crippen molar-refractivity contribution in [2.75, 3.05) is 31.1 Å². The molecule has 0 radical (unpaired) electrons. The van der Waals surface area contributed by atoms with Crippen LogP contribution < -0.4 is 16.1 Å². The van der Waals surface area contributed by atoms with Gasteiger partial charge in [0.25, 0.3) is 5.56 Å². The van der Waals surface area contributed by atoms with E-state index in [0.717, 1.165) is 43.9 Å². The first-order chi connectivity index (χ1) is 14.3. The van der Waals surface area contributed by atoms with E-state index in [0.29, 0.717) is 23.7 Å². The largest absolute Gasteiger partial charge is 0.340 e. The van der Waals surface area contributed by atoms with Crippen LogP contribution in [0.2, 0.25) is 0 Å². The summed E-state index contributed by atoms with van der Waals surface area (Å²) in [4.78, 5) is 36.0. The third kappa shape index (κ3) is 3.80. The van der Waals surface area contributed by atoms with Crippen LogP contribution in [0.15, 0.2) is 46.0 Å². The molecule has 1 fully saturated rings. The number of nitrogens with one attached hydrogen (secondary N) is 1. The number of aromatic amines is 1. The summed E-state index contributed by atoms with van der Waals surface area (Å²) in [5.74, 6) is 0.436. The van der Waals surface area contributed by atoms with E-state index in [1.807, 2.05) is 11.5 Å². The Labute approximate surface area is 172 Å². The van der Waals surface area contributed by atoms with Crippen LogP contribution in [0.3, 0.4) is 0 Å². The van der Waals surface area contributed by atoms with Crippen molar-refractivity contribution in [3.63, 3.8) is 0 Å². The highest BCUT2D eigenvalue weighted by atomic mass is 19.1. The van der Waals surface area contributed by atoms with Crippen LogP contribution in [0.1, 0.15) is 12.5 Å². The number of H-pyrrole nitrogens is 1. The minimum atomic E-state index is -0.483. The molecule has 1 aromatic carbocycles. The first-order valence-corrected chi connectivity index (χ1v) is 9.89. The quantitative estimate of drug-likeness (QED) is 0.642. The van der Waals surface area contributed by atoms with E-state index in [9.17, 15) is 14.0 Å². The Bertz CT molecular complexity index is 1200. The Hall–Kier alpha value is -3.20. The number of halogens is 1. The van der Waals surface area contributed by atoms with Gasteiger partial charge in [-0.15, -0.1) is 0 Å². The number of aryl methyl sites for hydroxylation is 1. The Morgan fingerprint density at radius 2 is 1.83 bits per heavy atom. The first kappa shape index (κ1) is 20.1. The molecule has 30 heavy (non-hydrogen) atoms. The Morgan fingerprint density at radius 1 is 1.17 bits per heavy atom. The molecule has 4 rings (SSSR count). The van der Waals surface area contributed by atoms with Gasteiger partial charge in [-0.2, -0.15) is 4.98 Å². The highest BCUT2D eigenvalue weighted by Gasteiger charge is 2.25. The summed E-state index contributed by atoms with van der Waals surface area (Å²) in [5.41, 5.74) is 1.78. The predicted octanol–water partition coefficient (Wildman–Crippen LogP) is 1.46. The number of hydrogen-bond donors (Lipinski definition) is 1. The van der Waals surface area contributed by atoms with Crippen LogP contribution in [0.4, 0.5) is 10.3 Å². The molecular formula is C21H25FN6O2. The van der Waals surface area contributed by atoms with Gasteiger partial charge in [0, 0.05) is 46.3 Å². The molecule has 1 saturated heterocycles. The summed E-state index contributed by atoms with van der Waals surface area (Å²) in [6.45, 7) is 10.1. The molecule has 8 nitrogen and oxygen atoms in total. The van der Waals surface area contributed by atoms with Gasteiger partial charge in [0.2, 0.25) is 5.95 Å². The lowest BCUT2D eigenvalue weighted by Gasteiger charge is -2.35. The van der Waals surface area contributed by atoms with Gasteiger partial charge in [0.15, 0.2) is 11.2 Å². The zero-order valence-electron chi connectivity index (χ0n) is 17.2. The number of rotatable bonds is 5. The lowest BCUT2D eigenvalue weighted by Crippen LogP contribution is -2.46. The maximum Gasteiger partial charge on any atom is 0.329 e. The molecule has 1 aliphatic heterocycles. The second-order valence-corrected chi connectivity index (χ2v) is 7.84. The lowest BCUT2D eigenvalue weighted by atomic mass is 10.2. The maximum absolute atomic E-state index is 13.1. The topological polar surface area (TPSA) is 79.2 Å².